The van der Waals surface area contributed by atoms with E-state index in [1.54, 1.807) is 11.3 Å². The number of nitrogens with two attached hydrogens (primary N) is 1. The highest BCUT2D eigenvalue weighted by Gasteiger charge is 2.32. The van der Waals surface area contributed by atoms with Gasteiger partial charge < -0.3 is 15.5 Å². The van der Waals surface area contributed by atoms with E-state index in [2.05, 4.69) is 33.2 Å². The largest absolute Gasteiger partial charge is 0.369 e. The molecule has 3 N–H and O–H groups in total. The van der Waals surface area contributed by atoms with Gasteiger partial charge in [0.1, 0.15) is 5.69 Å². The van der Waals surface area contributed by atoms with Crippen LogP contribution in [-0.2, 0) is 6.54 Å². The van der Waals surface area contributed by atoms with Crippen molar-refractivity contribution in [3.63, 3.8) is 0 Å². The van der Waals surface area contributed by atoms with Crippen LogP contribution in [0, 0.1) is 0 Å². The predicted octanol–water partition coefficient (Wildman–Crippen LogP) is 1.65. The molecule has 3 heterocycles. The number of hydrogen-bond donors (Lipinski definition) is 2. The molecule has 0 radical (unpaired) electrons. The highest BCUT2D eigenvalue weighted by molar-refractivity contribution is 7.09. The molecule has 0 saturated carbocycles. The van der Waals surface area contributed by atoms with Gasteiger partial charge in [-0.05, 0) is 17.9 Å². The van der Waals surface area contributed by atoms with Gasteiger partial charge in [-0.25, -0.2) is 0 Å². The van der Waals surface area contributed by atoms with Crippen LogP contribution in [0.15, 0.2) is 22.3 Å². The maximum absolute atomic E-state index is 12.2. The number of H-pyrrole nitrogens is 1. The number of fused-ring (bicyclic) bond motifs is 1. The standard InChI is InChI=1S/C14H19N5OS/c1-3-9-7-18(2)11-12(16-14(15)17-13(11)20)19(9)8-10-5-4-6-21-10/h4-6,9H,3,7-8H2,1-2H3,(H3,15,16,17,20). The van der Waals surface area contributed by atoms with Gasteiger partial charge in [-0.2, -0.15) is 4.98 Å². The summed E-state index contributed by atoms with van der Waals surface area (Å²) in [6.45, 7) is 3.72. The molecule has 7 heteroatoms. The van der Waals surface area contributed by atoms with Crippen molar-refractivity contribution in [1.29, 1.82) is 0 Å². The number of hydrogen-bond acceptors (Lipinski definition) is 6. The Labute approximate surface area is 127 Å². The van der Waals surface area contributed by atoms with Crippen LogP contribution >= 0.6 is 11.3 Å². The van der Waals surface area contributed by atoms with Crippen LogP contribution in [0.4, 0.5) is 17.5 Å². The third-order valence-corrected chi connectivity index (χ3v) is 4.71. The van der Waals surface area contributed by atoms with Crippen LogP contribution in [0.3, 0.4) is 0 Å². The molecule has 112 valence electrons. The number of nitrogens with zero attached hydrogens (tertiary/aromatic N) is 3. The molecule has 0 saturated heterocycles. The molecule has 1 aliphatic heterocycles. The van der Waals surface area contributed by atoms with Crippen LogP contribution in [0.2, 0.25) is 0 Å². The first-order chi connectivity index (χ1) is 10.1. The van der Waals surface area contributed by atoms with Gasteiger partial charge in [-0.1, -0.05) is 13.0 Å². The van der Waals surface area contributed by atoms with E-state index in [9.17, 15) is 4.79 Å². The molecule has 6 nitrogen and oxygen atoms in total. The van der Waals surface area contributed by atoms with Crippen LogP contribution < -0.4 is 21.1 Å². The summed E-state index contributed by atoms with van der Waals surface area (Å²) in [7, 11) is 1.93. The van der Waals surface area contributed by atoms with Gasteiger partial charge in [0.25, 0.3) is 5.56 Å². The number of likely N-dealkylation sites (N-methyl/N-ethyl adjacent to an activating group) is 1. The van der Waals surface area contributed by atoms with E-state index >= 15 is 0 Å². The van der Waals surface area contributed by atoms with Crippen molar-refractivity contribution in [2.75, 3.05) is 29.1 Å². The molecular weight excluding hydrogens is 286 g/mol. The quantitative estimate of drug-likeness (QED) is 0.901. The average Bonchev–Trinajstić information content (AvgIpc) is 2.93. The van der Waals surface area contributed by atoms with E-state index < -0.39 is 0 Å². The maximum Gasteiger partial charge on any atom is 0.278 e. The number of anilines is 3. The smallest absolute Gasteiger partial charge is 0.278 e. The normalized spacial score (nSPS) is 17.9. The average molecular weight is 305 g/mol. The van der Waals surface area contributed by atoms with Gasteiger partial charge in [0.15, 0.2) is 5.82 Å². The number of nitrogens with one attached hydrogen (secondary N) is 1. The summed E-state index contributed by atoms with van der Waals surface area (Å²) in [6, 6.07) is 4.46. The van der Waals surface area contributed by atoms with Crippen molar-refractivity contribution in [3.8, 4) is 0 Å². The zero-order chi connectivity index (χ0) is 15.0. The van der Waals surface area contributed by atoms with Crippen LogP contribution in [-0.4, -0.2) is 29.6 Å². The van der Waals surface area contributed by atoms with Gasteiger partial charge in [-0.15, -0.1) is 11.3 Å². The number of aromatic nitrogens is 2. The van der Waals surface area contributed by atoms with Gasteiger partial charge in [0.2, 0.25) is 5.95 Å². The Morgan fingerprint density at radius 3 is 3.05 bits per heavy atom. The highest BCUT2D eigenvalue weighted by Crippen LogP contribution is 2.33. The zero-order valence-corrected chi connectivity index (χ0v) is 13.0. The Balaban J connectivity index is 2.08. The third kappa shape index (κ3) is 2.49. The molecule has 21 heavy (non-hydrogen) atoms. The fraction of sp³-hybridized carbons (Fsp3) is 0.429. The molecule has 0 aliphatic carbocycles. The summed E-state index contributed by atoms with van der Waals surface area (Å²) in [4.78, 5) is 24.6. The zero-order valence-electron chi connectivity index (χ0n) is 12.2. The lowest BCUT2D eigenvalue weighted by atomic mass is 10.1. The van der Waals surface area contributed by atoms with E-state index in [4.69, 9.17) is 5.73 Å². The molecule has 1 aliphatic rings. The first-order valence-electron chi connectivity index (χ1n) is 7.00. The fourth-order valence-electron chi connectivity index (χ4n) is 2.82. The van der Waals surface area contributed by atoms with Gasteiger partial charge in [0.05, 0.1) is 6.54 Å². The third-order valence-electron chi connectivity index (χ3n) is 3.85. The van der Waals surface area contributed by atoms with Crippen molar-refractivity contribution in [3.05, 3.63) is 32.7 Å². The number of thiophene rings is 1. The second-order valence-electron chi connectivity index (χ2n) is 5.27. The lowest BCUT2D eigenvalue weighted by molar-refractivity contribution is 0.543. The Bertz CT molecular complexity index is 681. The monoisotopic (exact) mass is 305 g/mol. The predicted molar refractivity (Wildman–Crippen MR) is 87.1 cm³/mol. The van der Waals surface area contributed by atoms with E-state index in [-0.39, 0.29) is 11.5 Å². The minimum Gasteiger partial charge on any atom is -0.369 e. The van der Waals surface area contributed by atoms with Gasteiger partial charge in [-0.3, -0.25) is 9.78 Å². The first-order valence-corrected chi connectivity index (χ1v) is 7.88. The fourth-order valence-corrected chi connectivity index (χ4v) is 3.52. The van der Waals surface area contributed by atoms with Crippen molar-refractivity contribution >= 4 is 28.8 Å². The summed E-state index contributed by atoms with van der Waals surface area (Å²) in [5.74, 6) is 0.852. The lowest BCUT2D eigenvalue weighted by Crippen LogP contribution is -2.49. The van der Waals surface area contributed by atoms with Crippen LogP contribution in [0.1, 0.15) is 18.2 Å². The second-order valence-corrected chi connectivity index (χ2v) is 6.31. The highest BCUT2D eigenvalue weighted by atomic mass is 32.1. The topological polar surface area (TPSA) is 78.2 Å². The molecule has 0 fully saturated rings. The summed E-state index contributed by atoms with van der Waals surface area (Å²) in [6.07, 6.45) is 0.990. The minimum absolute atomic E-state index is 0.167. The van der Waals surface area contributed by atoms with Gasteiger partial charge >= 0.3 is 0 Å². The Morgan fingerprint density at radius 1 is 1.57 bits per heavy atom. The number of aromatic amines is 1. The second kappa shape index (κ2) is 5.40. The van der Waals surface area contributed by atoms with Crippen molar-refractivity contribution in [1.82, 2.24) is 9.97 Å². The van der Waals surface area contributed by atoms with E-state index in [1.807, 2.05) is 18.0 Å². The molecule has 1 unspecified atom stereocenters. The molecule has 1 atom stereocenters. The summed E-state index contributed by atoms with van der Waals surface area (Å²) in [5, 5.41) is 2.06. The number of nitrogen functional groups attached to an aromatic ring is 1. The molecule has 3 rings (SSSR count). The summed E-state index contributed by atoms with van der Waals surface area (Å²) in [5.41, 5.74) is 6.17. The number of rotatable bonds is 3. The molecule has 0 amide bonds. The van der Waals surface area contributed by atoms with Gasteiger partial charge in [0, 0.05) is 24.5 Å². The molecule has 2 aromatic rings. The van der Waals surface area contributed by atoms with Crippen molar-refractivity contribution in [2.24, 2.45) is 0 Å². The molecule has 2 aromatic heterocycles. The lowest BCUT2D eigenvalue weighted by Gasteiger charge is -2.41. The molecular formula is C14H19N5OS. The van der Waals surface area contributed by atoms with Crippen molar-refractivity contribution < 1.29 is 0 Å². The van der Waals surface area contributed by atoms with E-state index in [1.165, 1.54) is 4.88 Å². The summed E-state index contributed by atoms with van der Waals surface area (Å²) < 4.78 is 0. The van der Waals surface area contributed by atoms with E-state index in [0.717, 1.165) is 19.5 Å². The SMILES string of the molecule is CCC1CN(C)c2c(nc(N)[nH]c2=O)N1Cc1cccs1. The molecule has 0 aromatic carbocycles. The minimum atomic E-state index is -0.175. The van der Waals surface area contributed by atoms with Crippen LogP contribution in [0.25, 0.3) is 0 Å². The molecule has 0 bridgehead atoms. The first kappa shape index (κ1) is 13.9. The summed E-state index contributed by atoms with van der Waals surface area (Å²) >= 11 is 1.71. The Morgan fingerprint density at radius 2 is 2.38 bits per heavy atom. The maximum atomic E-state index is 12.2. The molecule has 0 spiro atoms. The van der Waals surface area contributed by atoms with E-state index in [0.29, 0.717) is 17.5 Å². The van der Waals surface area contributed by atoms with Crippen LogP contribution in [0.5, 0.6) is 0 Å². The Hall–Kier alpha value is -2.02. The van der Waals surface area contributed by atoms with Crippen molar-refractivity contribution in [2.45, 2.75) is 25.9 Å². The Kier molecular flexibility index (Phi) is 3.59.